The number of anilines is 1. The number of benzene rings is 3. The molecule has 0 fully saturated rings. The Kier molecular flexibility index (Phi) is 4.98. The highest BCUT2D eigenvalue weighted by Gasteiger charge is 2.34. The minimum atomic E-state index is -0.524. The number of aromatic nitrogens is 1. The molecule has 0 saturated carbocycles. The van der Waals surface area contributed by atoms with Crippen LogP contribution in [0.4, 0.5) is 19.3 Å². The first-order valence-corrected chi connectivity index (χ1v) is 10.7. The van der Waals surface area contributed by atoms with Crippen LogP contribution in [0.15, 0.2) is 71.2 Å². The van der Waals surface area contributed by atoms with Crippen molar-refractivity contribution in [2.24, 2.45) is 0 Å². The Hall–Kier alpha value is -3.19. The number of aromatic amines is 1. The number of carbonyl (C=O) groups is 1. The molecule has 7 heteroatoms. The van der Waals surface area contributed by atoms with Gasteiger partial charge in [0.2, 0.25) is 0 Å². The van der Waals surface area contributed by atoms with E-state index in [-0.39, 0.29) is 11.5 Å². The minimum Gasteiger partial charge on any atom is -0.356 e. The zero-order valence-electron chi connectivity index (χ0n) is 16.3. The summed E-state index contributed by atoms with van der Waals surface area (Å²) in [4.78, 5) is 18.3. The third kappa shape index (κ3) is 3.59. The first kappa shape index (κ1) is 19.8. The Morgan fingerprint density at radius 2 is 1.84 bits per heavy atom. The molecule has 2 amide bonds. The number of nitrogens with zero attached hydrogens (tertiary/aromatic N) is 1. The van der Waals surface area contributed by atoms with Gasteiger partial charge in [-0.2, -0.15) is 0 Å². The fourth-order valence-electron chi connectivity index (χ4n) is 4.23. The second-order valence-electron chi connectivity index (χ2n) is 7.51. The van der Waals surface area contributed by atoms with Gasteiger partial charge in [-0.15, -0.1) is 0 Å². The van der Waals surface area contributed by atoms with Crippen LogP contribution >= 0.6 is 15.9 Å². The Morgan fingerprint density at radius 1 is 1.06 bits per heavy atom. The maximum Gasteiger partial charge on any atom is 0.322 e. The van der Waals surface area contributed by atoms with Crippen molar-refractivity contribution in [1.29, 1.82) is 0 Å². The van der Waals surface area contributed by atoms with Crippen LogP contribution in [-0.4, -0.2) is 22.5 Å². The van der Waals surface area contributed by atoms with Crippen molar-refractivity contribution >= 4 is 38.6 Å². The van der Waals surface area contributed by atoms with Crippen molar-refractivity contribution in [2.75, 3.05) is 11.9 Å². The van der Waals surface area contributed by atoms with E-state index >= 15 is 0 Å². The number of H-pyrrole nitrogens is 1. The number of carbonyl (C=O) groups excluding carboxylic acids is 1. The Balaban J connectivity index is 1.57. The summed E-state index contributed by atoms with van der Waals surface area (Å²) < 4.78 is 28.5. The largest absolute Gasteiger partial charge is 0.356 e. The van der Waals surface area contributed by atoms with Gasteiger partial charge in [0.25, 0.3) is 0 Å². The molecule has 0 bridgehead atoms. The monoisotopic (exact) mass is 481 g/mol. The van der Waals surface area contributed by atoms with E-state index in [2.05, 4.69) is 32.3 Å². The van der Waals surface area contributed by atoms with Gasteiger partial charge in [0, 0.05) is 27.6 Å². The molecular formula is C24H18BrF2N3O. The molecule has 1 aliphatic rings. The second kappa shape index (κ2) is 7.81. The van der Waals surface area contributed by atoms with Gasteiger partial charge in [-0.05, 0) is 53.9 Å². The average Bonchev–Trinajstić information content (AvgIpc) is 3.14. The predicted molar refractivity (Wildman–Crippen MR) is 120 cm³/mol. The number of para-hydroxylation sites is 1. The number of halogens is 3. The van der Waals surface area contributed by atoms with Gasteiger partial charge in [0.15, 0.2) is 0 Å². The molecule has 2 N–H and O–H groups in total. The molecule has 1 aromatic heterocycles. The zero-order valence-corrected chi connectivity index (χ0v) is 17.9. The normalized spacial score (nSPS) is 15.7. The lowest BCUT2D eigenvalue weighted by Crippen LogP contribution is -2.43. The first-order chi connectivity index (χ1) is 15.0. The molecule has 5 rings (SSSR count). The Labute approximate surface area is 186 Å². The first-order valence-electron chi connectivity index (χ1n) is 9.89. The number of amides is 2. The number of rotatable bonds is 2. The molecule has 156 valence electrons. The van der Waals surface area contributed by atoms with Crippen LogP contribution in [0.1, 0.15) is 22.9 Å². The van der Waals surface area contributed by atoms with Crippen LogP contribution in [0.3, 0.4) is 0 Å². The van der Waals surface area contributed by atoms with Crippen LogP contribution in [0.2, 0.25) is 0 Å². The summed E-state index contributed by atoms with van der Waals surface area (Å²) in [7, 11) is 0. The minimum absolute atomic E-state index is 0.105. The van der Waals surface area contributed by atoms with Gasteiger partial charge in [-0.3, -0.25) is 0 Å². The molecule has 0 aliphatic carbocycles. The van der Waals surface area contributed by atoms with Crippen molar-refractivity contribution in [3.05, 3.63) is 99.7 Å². The van der Waals surface area contributed by atoms with Crippen molar-refractivity contribution in [1.82, 2.24) is 9.88 Å². The summed E-state index contributed by atoms with van der Waals surface area (Å²) in [5.41, 5.74) is 3.91. The van der Waals surface area contributed by atoms with Crippen molar-refractivity contribution in [3.8, 4) is 0 Å². The third-order valence-corrected chi connectivity index (χ3v) is 6.15. The van der Waals surface area contributed by atoms with E-state index in [0.717, 1.165) is 27.7 Å². The fraction of sp³-hybridized carbons (Fsp3) is 0.125. The number of fused-ring (bicyclic) bond motifs is 3. The van der Waals surface area contributed by atoms with Gasteiger partial charge < -0.3 is 15.2 Å². The number of hydrogen-bond acceptors (Lipinski definition) is 1. The number of hydrogen-bond donors (Lipinski definition) is 2. The summed E-state index contributed by atoms with van der Waals surface area (Å²) in [5, 5.41) is 3.80. The lowest BCUT2D eigenvalue weighted by molar-refractivity contribution is 0.193. The fourth-order valence-corrected chi connectivity index (χ4v) is 4.56. The summed E-state index contributed by atoms with van der Waals surface area (Å²) in [6.45, 7) is 0.445. The van der Waals surface area contributed by atoms with Crippen LogP contribution in [0.5, 0.6) is 0 Å². The average molecular weight is 482 g/mol. The number of nitrogens with one attached hydrogen (secondary N) is 2. The van der Waals surface area contributed by atoms with Crippen molar-refractivity contribution in [2.45, 2.75) is 12.5 Å². The molecule has 1 aliphatic heterocycles. The summed E-state index contributed by atoms with van der Waals surface area (Å²) in [5.74, 6) is -0.867. The molecule has 1 unspecified atom stereocenters. The van der Waals surface area contributed by atoms with E-state index in [4.69, 9.17) is 0 Å². The standard InChI is InChI=1S/C24H18BrF2N3O/c25-15-7-10-21(19(27)13-15)29-24(31)30-12-11-18-17-3-1-2-4-20(17)28-22(18)23(30)14-5-8-16(26)9-6-14/h1-10,13,23,28H,11-12H2,(H,29,31). The topological polar surface area (TPSA) is 48.1 Å². The van der Waals surface area contributed by atoms with Crippen molar-refractivity contribution in [3.63, 3.8) is 0 Å². The van der Waals surface area contributed by atoms with Crippen LogP contribution in [-0.2, 0) is 6.42 Å². The molecule has 4 nitrogen and oxygen atoms in total. The summed E-state index contributed by atoms with van der Waals surface area (Å²) in [6.07, 6.45) is 0.660. The van der Waals surface area contributed by atoms with Crippen LogP contribution in [0.25, 0.3) is 10.9 Å². The van der Waals surface area contributed by atoms with Crippen molar-refractivity contribution < 1.29 is 13.6 Å². The second-order valence-corrected chi connectivity index (χ2v) is 8.43. The highest BCUT2D eigenvalue weighted by Crippen LogP contribution is 2.38. The summed E-state index contributed by atoms with van der Waals surface area (Å²) in [6, 6.07) is 17.8. The van der Waals surface area contributed by atoms with Gasteiger partial charge in [0.1, 0.15) is 11.6 Å². The molecule has 0 radical (unpaired) electrons. The van der Waals surface area contributed by atoms with E-state index in [0.29, 0.717) is 17.4 Å². The molecular weight excluding hydrogens is 464 g/mol. The lowest BCUT2D eigenvalue weighted by atomic mass is 9.92. The Morgan fingerprint density at radius 3 is 2.61 bits per heavy atom. The Bertz CT molecular complexity index is 1290. The highest BCUT2D eigenvalue weighted by atomic mass is 79.9. The van der Waals surface area contributed by atoms with Crippen LogP contribution < -0.4 is 5.32 Å². The number of urea groups is 1. The molecule has 0 spiro atoms. The van der Waals surface area contributed by atoms with E-state index in [1.54, 1.807) is 23.1 Å². The molecule has 3 aromatic carbocycles. The van der Waals surface area contributed by atoms with Crippen LogP contribution in [0, 0.1) is 11.6 Å². The smallest absolute Gasteiger partial charge is 0.322 e. The quantitative estimate of drug-likeness (QED) is 0.342. The SMILES string of the molecule is O=C(Nc1ccc(Br)cc1F)N1CCc2c([nH]c3ccccc23)C1c1ccc(F)cc1. The molecule has 2 heterocycles. The van der Waals surface area contributed by atoms with Gasteiger partial charge in [0.05, 0.1) is 11.7 Å². The zero-order chi connectivity index (χ0) is 21.5. The molecule has 4 aromatic rings. The highest BCUT2D eigenvalue weighted by molar-refractivity contribution is 9.10. The molecule has 0 saturated heterocycles. The van der Waals surface area contributed by atoms with E-state index in [9.17, 15) is 13.6 Å². The maximum atomic E-state index is 14.3. The predicted octanol–water partition coefficient (Wildman–Crippen LogP) is 6.39. The lowest BCUT2D eigenvalue weighted by Gasteiger charge is -2.36. The van der Waals surface area contributed by atoms with E-state index in [1.807, 2.05) is 18.2 Å². The van der Waals surface area contributed by atoms with Gasteiger partial charge >= 0.3 is 6.03 Å². The third-order valence-electron chi connectivity index (χ3n) is 5.65. The van der Waals surface area contributed by atoms with Gasteiger partial charge in [-0.25, -0.2) is 13.6 Å². The molecule has 31 heavy (non-hydrogen) atoms. The van der Waals surface area contributed by atoms with E-state index < -0.39 is 17.9 Å². The van der Waals surface area contributed by atoms with E-state index in [1.165, 1.54) is 24.3 Å². The maximum absolute atomic E-state index is 14.3. The molecule has 1 atom stereocenters. The summed E-state index contributed by atoms with van der Waals surface area (Å²) >= 11 is 3.22. The van der Waals surface area contributed by atoms with Gasteiger partial charge in [-0.1, -0.05) is 46.3 Å².